The first-order valence-corrected chi connectivity index (χ1v) is 10.1. The van der Waals surface area contributed by atoms with E-state index in [2.05, 4.69) is 10.6 Å². The van der Waals surface area contributed by atoms with Gasteiger partial charge in [-0.2, -0.15) is 0 Å². The number of nitrogens with one attached hydrogen (secondary N) is 2. The molecule has 7 nitrogen and oxygen atoms in total. The van der Waals surface area contributed by atoms with Crippen molar-refractivity contribution in [1.29, 1.82) is 0 Å². The van der Waals surface area contributed by atoms with Crippen LogP contribution in [0, 0.1) is 0 Å². The fraction of sp³-hybridized carbons (Fsp3) is 0. The van der Waals surface area contributed by atoms with E-state index in [4.69, 9.17) is 5.14 Å². The third-order valence-electron chi connectivity index (χ3n) is 3.57. The van der Waals surface area contributed by atoms with Gasteiger partial charge in [0.1, 0.15) is 0 Å². The molecule has 0 saturated heterocycles. The zero-order chi connectivity index (χ0) is 19.4. The number of sulfonamides is 1. The molecule has 4 N–H and O–H groups in total. The van der Waals surface area contributed by atoms with Gasteiger partial charge in [-0.3, -0.25) is 9.59 Å². The number of anilines is 2. The molecule has 0 aliphatic carbocycles. The average molecular weight is 401 g/mol. The van der Waals surface area contributed by atoms with Crippen LogP contribution in [0.5, 0.6) is 0 Å². The lowest BCUT2D eigenvalue weighted by Crippen LogP contribution is -2.15. The molecule has 0 bridgehead atoms. The lowest BCUT2D eigenvalue weighted by molar-refractivity contribution is 0.101. The average Bonchev–Trinajstić information content (AvgIpc) is 3.16. The van der Waals surface area contributed by atoms with Gasteiger partial charge in [0, 0.05) is 16.9 Å². The summed E-state index contributed by atoms with van der Waals surface area (Å²) in [6, 6.07) is 15.5. The molecular weight excluding hydrogens is 386 g/mol. The van der Waals surface area contributed by atoms with Crippen molar-refractivity contribution in [2.45, 2.75) is 4.90 Å². The molecule has 0 spiro atoms. The van der Waals surface area contributed by atoms with E-state index < -0.39 is 15.9 Å². The SMILES string of the molecule is NS(=O)(=O)c1ccc(NC(=O)c2cccc(NC(=O)c3cccs3)c2)cc1. The summed E-state index contributed by atoms with van der Waals surface area (Å²) in [5.74, 6) is -0.647. The highest BCUT2D eigenvalue weighted by atomic mass is 32.2. The molecule has 3 rings (SSSR count). The predicted octanol–water partition coefficient (Wildman–Crippen LogP) is 2.90. The van der Waals surface area contributed by atoms with Gasteiger partial charge < -0.3 is 10.6 Å². The summed E-state index contributed by atoms with van der Waals surface area (Å²) < 4.78 is 22.5. The Morgan fingerprint density at radius 2 is 1.56 bits per heavy atom. The standard InChI is InChI=1S/C18H15N3O4S2/c19-27(24,25)15-8-6-13(7-9-15)20-17(22)12-3-1-4-14(11-12)21-18(23)16-5-2-10-26-16/h1-11H,(H,20,22)(H,21,23)(H2,19,24,25). The van der Waals surface area contributed by atoms with Crippen molar-refractivity contribution in [2.24, 2.45) is 5.14 Å². The number of carbonyl (C=O) groups excluding carboxylic acids is 2. The summed E-state index contributed by atoms with van der Waals surface area (Å²) in [5, 5.41) is 12.2. The molecule has 0 radical (unpaired) electrons. The quantitative estimate of drug-likeness (QED) is 0.609. The Labute approximate surface area is 159 Å². The van der Waals surface area contributed by atoms with E-state index in [0.29, 0.717) is 21.8 Å². The van der Waals surface area contributed by atoms with Crippen molar-refractivity contribution in [3.63, 3.8) is 0 Å². The summed E-state index contributed by atoms with van der Waals surface area (Å²) in [6.07, 6.45) is 0. The highest BCUT2D eigenvalue weighted by Crippen LogP contribution is 2.17. The second-order valence-electron chi connectivity index (χ2n) is 5.54. The van der Waals surface area contributed by atoms with Gasteiger partial charge in [-0.1, -0.05) is 12.1 Å². The van der Waals surface area contributed by atoms with Crippen LogP contribution in [-0.2, 0) is 10.0 Å². The molecule has 0 aliphatic rings. The van der Waals surface area contributed by atoms with Crippen LogP contribution in [0.4, 0.5) is 11.4 Å². The van der Waals surface area contributed by atoms with Crippen molar-refractivity contribution in [3.05, 3.63) is 76.5 Å². The van der Waals surface area contributed by atoms with Gasteiger partial charge in [-0.25, -0.2) is 13.6 Å². The third kappa shape index (κ3) is 4.79. The minimum atomic E-state index is -3.79. The van der Waals surface area contributed by atoms with Crippen LogP contribution in [0.25, 0.3) is 0 Å². The van der Waals surface area contributed by atoms with E-state index in [1.807, 2.05) is 0 Å². The molecule has 3 aromatic rings. The van der Waals surface area contributed by atoms with E-state index in [-0.39, 0.29) is 10.8 Å². The number of hydrogen-bond donors (Lipinski definition) is 3. The molecule has 1 aromatic heterocycles. The van der Waals surface area contributed by atoms with Crippen LogP contribution >= 0.6 is 11.3 Å². The van der Waals surface area contributed by atoms with Crippen LogP contribution in [0.3, 0.4) is 0 Å². The number of thiophene rings is 1. The molecule has 138 valence electrons. The van der Waals surface area contributed by atoms with E-state index in [9.17, 15) is 18.0 Å². The number of amides is 2. The molecule has 27 heavy (non-hydrogen) atoms. The van der Waals surface area contributed by atoms with E-state index >= 15 is 0 Å². The molecule has 0 atom stereocenters. The number of hydrogen-bond acceptors (Lipinski definition) is 5. The first-order valence-electron chi connectivity index (χ1n) is 7.72. The van der Waals surface area contributed by atoms with Crippen molar-refractivity contribution in [2.75, 3.05) is 10.6 Å². The van der Waals surface area contributed by atoms with Gasteiger partial charge in [0.15, 0.2) is 0 Å². The maximum absolute atomic E-state index is 12.4. The van der Waals surface area contributed by atoms with Gasteiger partial charge in [0.2, 0.25) is 10.0 Å². The molecule has 2 aromatic carbocycles. The summed E-state index contributed by atoms with van der Waals surface area (Å²) in [4.78, 5) is 25.0. The van der Waals surface area contributed by atoms with Gasteiger partial charge in [0.05, 0.1) is 9.77 Å². The molecule has 0 unspecified atom stereocenters. The molecule has 2 amide bonds. The molecular formula is C18H15N3O4S2. The van der Waals surface area contributed by atoms with Crippen molar-refractivity contribution >= 4 is 44.5 Å². The largest absolute Gasteiger partial charge is 0.322 e. The molecule has 0 fully saturated rings. The second kappa shape index (κ2) is 7.70. The number of carbonyl (C=O) groups is 2. The Morgan fingerprint density at radius 3 is 2.19 bits per heavy atom. The van der Waals surface area contributed by atoms with Crippen LogP contribution in [0.15, 0.2) is 70.9 Å². The van der Waals surface area contributed by atoms with Gasteiger partial charge in [-0.05, 0) is 53.9 Å². The Bertz CT molecular complexity index is 1080. The fourth-order valence-corrected chi connectivity index (χ4v) is 3.40. The third-order valence-corrected chi connectivity index (χ3v) is 5.37. The Balaban J connectivity index is 1.71. The Hall–Kier alpha value is -3.01. The zero-order valence-electron chi connectivity index (χ0n) is 13.9. The summed E-state index contributed by atoms with van der Waals surface area (Å²) in [5.41, 5.74) is 1.25. The second-order valence-corrected chi connectivity index (χ2v) is 8.04. The smallest absolute Gasteiger partial charge is 0.265 e. The number of benzene rings is 2. The molecule has 9 heteroatoms. The monoisotopic (exact) mass is 401 g/mol. The highest BCUT2D eigenvalue weighted by molar-refractivity contribution is 7.89. The van der Waals surface area contributed by atoms with E-state index in [1.165, 1.54) is 35.6 Å². The minimum Gasteiger partial charge on any atom is -0.322 e. The predicted molar refractivity (Wildman–Crippen MR) is 104 cm³/mol. The van der Waals surface area contributed by atoms with E-state index in [0.717, 1.165) is 0 Å². The highest BCUT2D eigenvalue weighted by Gasteiger charge is 2.11. The molecule has 0 aliphatic heterocycles. The maximum Gasteiger partial charge on any atom is 0.265 e. The lowest BCUT2D eigenvalue weighted by Gasteiger charge is -2.08. The van der Waals surface area contributed by atoms with Crippen molar-refractivity contribution in [1.82, 2.24) is 0 Å². The number of rotatable bonds is 5. The molecule has 0 saturated carbocycles. The fourth-order valence-electron chi connectivity index (χ4n) is 2.27. The molecule has 1 heterocycles. The van der Waals surface area contributed by atoms with Crippen LogP contribution in [-0.4, -0.2) is 20.2 Å². The normalized spacial score (nSPS) is 11.0. The van der Waals surface area contributed by atoms with E-state index in [1.54, 1.807) is 41.8 Å². The number of nitrogens with two attached hydrogens (primary N) is 1. The van der Waals surface area contributed by atoms with Crippen molar-refractivity contribution < 1.29 is 18.0 Å². The number of primary sulfonamides is 1. The van der Waals surface area contributed by atoms with Gasteiger partial charge >= 0.3 is 0 Å². The zero-order valence-corrected chi connectivity index (χ0v) is 15.5. The minimum absolute atomic E-state index is 0.0428. The first-order chi connectivity index (χ1) is 12.8. The topological polar surface area (TPSA) is 118 Å². The lowest BCUT2D eigenvalue weighted by atomic mass is 10.1. The maximum atomic E-state index is 12.4. The van der Waals surface area contributed by atoms with Gasteiger partial charge in [0.25, 0.3) is 11.8 Å². The summed E-state index contributed by atoms with van der Waals surface area (Å²) in [7, 11) is -3.79. The van der Waals surface area contributed by atoms with Crippen LogP contribution in [0.1, 0.15) is 20.0 Å². The summed E-state index contributed by atoms with van der Waals surface area (Å²) in [6.45, 7) is 0. The van der Waals surface area contributed by atoms with Crippen molar-refractivity contribution in [3.8, 4) is 0 Å². The first kappa shape index (κ1) is 18.8. The Kier molecular flexibility index (Phi) is 5.36. The van der Waals surface area contributed by atoms with Crippen LogP contribution in [0.2, 0.25) is 0 Å². The van der Waals surface area contributed by atoms with Gasteiger partial charge in [-0.15, -0.1) is 11.3 Å². The summed E-state index contributed by atoms with van der Waals surface area (Å²) >= 11 is 1.32. The Morgan fingerprint density at radius 1 is 0.852 bits per heavy atom. The van der Waals surface area contributed by atoms with Crippen LogP contribution < -0.4 is 15.8 Å².